The van der Waals surface area contributed by atoms with E-state index in [0.29, 0.717) is 22.0 Å². The number of nitrogens with one attached hydrogen (secondary N) is 1. The van der Waals surface area contributed by atoms with Gasteiger partial charge in [0.2, 0.25) is 5.91 Å². The van der Waals surface area contributed by atoms with Crippen molar-refractivity contribution in [2.45, 2.75) is 6.54 Å². The van der Waals surface area contributed by atoms with Crippen molar-refractivity contribution in [2.75, 3.05) is 12.4 Å². The van der Waals surface area contributed by atoms with E-state index in [2.05, 4.69) is 10.3 Å². The lowest BCUT2D eigenvalue weighted by molar-refractivity contribution is -0.384. The molecule has 10 heteroatoms. The number of anilines is 1. The number of methoxy groups -OCH3 is 1. The van der Waals surface area contributed by atoms with Crippen LogP contribution in [0, 0.1) is 10.1 Å². The Morgan fingerprint density at radius 2 is 2.11 bits per heavy atom. The Bertz CT molecular complexity index is 1110. The highest BCUT2D eigenvalue weighted by molar-refractivity contribution is 6.32. The molecule has 1 aromatic heterocycles. The molecule has 1 heterocycles. The van der Waals surface area contributed by atoms with Gasteiger partial charge in [0.25, 0.3) is 11.2 Å². The maximum absolute atomic E-state index is 12.5. The van der Waals surface area contributed by atoms with Crippen LogP contribution in [0.3, 0.4) is 0 Å². The number of rotatable bonds is 5. The van der Waals surface area contributed by atoms with Crippen LogP contribution in [0.2, 0.25) is 5.02 Å². The van der Waals surface area contributed by atoms with Crippen LogP contribution >= 0.6 is 11.6 Å². The van der Waals surface area contributed by atoms with E-state index in [1.54, 1.807) is 12.1 Å². The van der Waals surface area contributed by atoms with Crippen molar-refractivity contribution in [3.8, 4) is 5.75 Å². The van der Waals surface area contributed by atoms with Crippen molar-refractivity contribution in [3.05, 3.63) is 68.2 Å². The number of amides is 1. The SMILES string of the molecule is COc1ccc(NC(=O)Cn2cnc3ccc([N+](=O)[O-])cc3c2=O)cc1Cl. The molecular weight excluding hydrogens is 376 g/mol. The number of aromatic nitrogens is 2. The second kappa shape index (κ2) is 7.42. The summed E-state index contributed by atoms with van der Waals surface area (Å²) in [5.41, 5.74) is -0.0319. The molecule has 0 fully saturated rings. The fourth-order valence-corrected chi connectivity index (χ4v) is 2.73. The zero-order valence-electron chi connectivity index (χ0n) is 14.0. The van der Waals surface area contributed by atoms with E-state index in [-0.39, 0.29) is 17.6 Å². The minimum atomic E-state index is -0.601. The van der Waals surface area contributed by atoms with E-state index in [9.17, 15) is 19.7 Å². The van der Waals surface area contributed by atoms with Crippen LogP contribution < -0.4 is 15.6 Å². The van der Waals surface area contributed by atoms with Crippen LogP contribution in [0.25, 0.3) is 10.9 Å². The van der Waals surface area contributed by atoms with E-state index in [1.165, 1.54) is 31.6 Å². The molecule has 1 amide bonds. The molecule has 27 heavy (non-hydrogen) atoms. The van der Waals surface area contributed by atoms with Gasteiger partial charge in [-0.1, -0.05) is 11.6 Å². The molecule has 3 rings (SSSR count). The highest BCUT2D eigenvalue weighted by Gasteiger charge is 2.13. The standard InChI is InChI=1S/C17H13ClN4O5/c1-27-15-5-2-10(6-13(15)18)20-16(23)8-21-9-19-14-4-3-11(22(25)26)7-12(14)17(21)24/h2-7,9H,8H2,1H3,(H,20,23). The fourth-order valence-electron chi connectivity index (χ4n) is 2.47. The second-order valence-corrected chi connectivity index (χ2v) is 5.94. The third kappa shape index (κ3) is 3.87. The number of fused-ring (bicyclic) bond motifs is 1. The predicted molar refractivity (Wildman–Crippen MR) is 99.3 cm³/mol. The van der Waals surface area contributed by atoms with Crippen molar-refractivity contribution in [3.63, 3.8) is 0 Å². The van der Waals surface area contributed by atoms with Gasteiger partial charge in [0.05, 0.1) is 34.3 Å². The first kappa shape index (κ1) is 18.3. The Kier molecular flexibility index (Phi) is 5.04. The predicted octanol–water partition coefficient (Wildman–Crippen LogP) is 2.61. The first-order chi connectivity index (χ1) is 12.9. The summed E-state index contributed by atoms with van der Waals surface area (Å²) in [5.74, 6) is -0.0175. The van der Waals surface area contributed by atoms with Gasteiger partial charge in [-0.05, 0) is 24.3 Å². The molecule has 0 radical (unpaired) electrons. The van der Waals surface area contributed by atoms with Gasteiger partial charge in [0.1, 0.15) is 12.3 Å². The second-order valence-electron chi connectivity index (χ2n) is 5.53. The summed E-state index contributed by atoms with van der Waals surface area (Å²) in [6, 6.07) is 8.51. The summed E-state index contributed by atoms with van der Waals surface area (Å²) in [6.07, 6.45) is 1.22. The minimum Gasteiger partial charge on any atom is -0.495 e. The number of ether oxygens (including phenoxy) is 1. The monoisotopic (exact) mass is 388 g/mol. The highest BCUT2D eigenvalue weighted by atomic mass is 35.5. The Morgan fingerprint density at radius 1 is 1.33 bits per heavy atom. The molecule has 0 aliphatic rings. The molecule has 0 bridgehead atoms. The number of benzene rings is 2. The number of carbonyl (C=O) groups excluding carboxylic acids is 1. The largest absolute Gasteiger partial charge is 0.495 e. The molecule has 0 unspecified atom stereocenters. The maximum atomic E-state index is 12.5. The summed E-state index contributed by atoms with van der Waals surface area (Å²) in [4.78, 5) is 39.1. The average molecular weight is 389 g/mol. The lowest BCUT2D eigenvalue weighted by Crippen LogP contribution is -2.28. The van der Waals surface area contributed by atoms with Gasteiger partial charge in [-0.15, -0.1) is 0 Å². The highest BCUT2D eigenvalue weighted by Crippen LogP contribution is 2.27. The van der Waals surface area contributed by atoms with Crippen LogP contribution in [0.4, 0.5) is 11.4 Å². The van der Waals surface area contributed by atoms with E-state index in [1.807, 2.05) is 0 Å². The van der Waals surface area contributed by atoms with Crippen LogP contribution in [-0.4, -0.2) is 27.5 Å². The third-order valence-corrected chi connectivity index (χ3v) is 4.06. The summed E-state index contributed by atoms with van der Waals surface area (Å²) >= 11 is 6.01. The first-order valence-corrected chi connectivity index (χ1v) is 8.04. The fraction of sp³-hybridized carbons (Fsp3) is 0.118. The van der Waals surface area contributed by atoms with Crippen LogP contribution in [0.1, 0.15) is 0 Å². The topological polar surface area (TPSA) is 116 Å². The number of hydrogen-bond donors (Lipinski definition) is 1. The first-order valence-electron chi connectivity index (χ1n) is 7.66. The molecule has 3 aromatic rings. The van der Waals surface area contributed by atoms with Gasteiger partial charge in [0.15, 0.2) is 0 Å². The Balaban J connectivity index is 1.84. The zero-order valence-corrected chi connectivity index (χ0v) is 14.8. The number of non-ortho nitro benzene ring substituents is 1. The quantitative estimate of drug-likeness (QED) is 0.530. The van der Waals surface area contributed by atoms with Gasteiger partial charge in [-0.25, -0.2) is 4.98 Å². The summed E-state index contributed by atoms with van der Waals surface area (Å²) in [6.45, 7) is -0.311. The summed E-state index contributed by atoms with van der Waals surface area (Å²) < 4.78 is 6.11. The maximum Gasteiger partial charge on any atom is 0.270 e. The van der Waals surface area contributed by atoms with Crippen LogP contribution in [0.5, 0.6) is 5.75 Å². The molecule has 0 atom stereocenters. The minimum absolute atomic E-state index is 0.0620. The normalized spacial score (nSPS) is 10.6. The lowest BCUT2D eigenvalue weighted by atomic mass is 10.2. The number of nitrogens with zero attached hydrogens (tertiary/aromatic N) is 3. The smallest absolute Gasteiger partial charge is 0.270 e. The van der Waals surface area contributed by atoms with Gasteiger partial charge < -0.3 is 10.1 Å². The van der Waals surface area contributed by atoms with Gasteiger partial charge in [0, 0.05) is 17.8 Å². The number of halogens is 1. The summed E-state index contributed by atoms with van der Waals surface area (Å²) in [7, 11) is 1.48. The molecule has 138 valence electrons. The third-order valence-electron chi connectivity index (χ3n) is 3.77. The Labute approximate surface area is 157 Å². The van der Waals surface area contributed by atoms with E-state index in [4.69, 9.17) is 16.3 Å². The number of nitro benzene ring substituents is 1. The molecule has 0 aliphatic heterocycles. The number of nitro groups is 1. The van der Waals surface area contributed by atoms with Gasteiger partial charge in [-0.3, -0.25) is 24.3 Å². The molecular formula is C17H13ClN4O5. The molecule has 0 saturated carbocycles. The molecule has 0 spiro atoms. The van der Waals surface area contributed by atoms with Crippen LogP contribution in [0.15, 0.2) is 47.5 Å². The molecule has 1 N–H and O–H groups in total. The zero-order chi connectivity index (χ0) is 19.6. The number of hydrogen-bond acceptors (Lipinski definition) is 6. The van der Waals surface area contributed by atoms with Crippen molar-refractivity contribution in [1.82, 2.24) is 9.55 Å². The van der Waals surface area contributed by atoms with Crippen molar-refractivity contribution in [1.29, 1.82) is 0 Å². The Morgan fingerprint density at radius 3 is 2.78 bits per heavy atom. The summed E-state index contributed by atoms with van der Waals surface area (Å²) in [5, 5.41) is 13.9. The molecule has 2 aromatic carbocycles. The van der Waals surface area contributed by atoms with E-state index in [0.717, 1.165) is 10.6 Å². The van der Waals surface area contributed by atoms with Gasteiger partial charge >= 0.3 is 0 Å². The average Bonchev–Trinajstić information content (AvgIpc) is 2.64. The molecule has 0 saturated heterocycles. The van der Waals surface area contributed by atoms with E-state index < -0.39 is 16.4 Å². The van der Waals surface area contributed by atoms with Crippen molar-refractivity contribution < 1.29 is 14.5 Å². The Hall–Kier alpha value is -3.46. The molecule has 0 aliphatic carbocycles. The van der Waals surface area contributed by atoms with Gasteiger partial charge in [-0.2, -0.15) is 0 Å². The van der Waals surface area contributed by atoms with Crippen molar-refractivity contribution in [2.24, 2.45) is 0 Å². The lowest BCUT2D eigenvalue weighted by Gasteiger charge is -2.09. The van der Waals surface area contributed by atoms with Crippen molar-refractivity contribution >= 4 is 39.8 Å². The van der Waals surface area contributed by atoms with E-state index >= 15 is 0 Å². The molecule has 9 nitrogen and oxygen atoms in total. The number of carbonyl (C=O) groups is 1. The van der Waals surface area contributed by atoms with Crippen LogP contribution in [-0.2, 0) is 11.3 Å².